The van der Waals surface area contributed by atoms with Gasteiger partial charge in [0.1, 0.15) is 5.41 Å². The van der Waals surface area contributed by atoms with E-state index in [0.717, 1.165) is 25.7 Å². The number of halogens is 1. The van der Waals surface area contributed by atoms with Crippen LogP contribution in [0.1, 0.15) is 51.4 Å². The molecule has 0 saturated heterocycles. The van der Waals surface area contributed by atoms with Gasteiger partial charge in [0.2, 0.25) is 0 Å². The number of unbranched alkanes of at least 4 members (excludes halogenated alkanes) is 3. The summed E-state index contributed by atoms with van der Waals surface area (Å²) in [5.41, 5.74) is 0. The second-order valence-corrected chi connectivity index (χ2v) is 13.0. The molecule has 0 aliphatic carbocycles. The molecule has 150 valence electrons. The minimum Gasteiger partial charge on any atom is -0.305 e. The number of benzene rings is 2. The van der Waals surface area contributed by atoms with Crippen molar-refractivity contribution in [2.45, 2.75) is 62.7 Å². The Hall–Kier alpha value is -1.45. The highest BCUT2D eigenvalue weighted by Gasteiger charge is 2.39. The quantitative estimate of drug-likeness (QED) is 0.155. The van der Waals surface area contributed by atoms with E-state index in [2.05, 4.69) is 77.6 Å². The van der Waals surface area contributed by atoms with Gasteiger partial charge in [0.05, 0.1) is 0 Å². The number of rotatable bonds is 13. The molecule has 0 amide bonds. The highest BCUT2D eigenvalue weighted by Crippen LogP contribution is 2.19. The van der Waals surface area contributed by atoms with Crippen LogP contribution in [0.2, 0.25) is 6.55 Å². The molecule has 0 spiro atoms. The van der Waals surface area contributed by atoms with Crippen LogP contribution in [-0.4, -0.2) is 18.3 Å². The second-order valence-electron chi connectivity index (χ2n) is 7.70. The van der Waals surface area contributed by atoms with Gasteiger partial charge in [-0.2, -0.15) is 0 Å². The Kier molecular flexibility index (Phi) is 9.93. The lowest BCUT2D eigenvalue weighted by atomic mass is 10.1. The van der Waals surface area contributed by atoms with Crippen molar-refractivity contribution < 1.29 is 4.79 Å². The lowest BCUT2D eigenvalue weighted by molar-refractivity contribution is -0.112. The Morgan fingerprint density at radius 2 is 1.43 bits per heavy atom. The largest absolute Gasteiger partial charge is 0.305 e. The molecule has 0 bridgehead atoms. The van der Waals surface area contributed by atoms with Crippen LogP contribution in [0.4, 0.5) is 0 Å². The number of allylic oxidation sites excluding steroid dienone is 1. The average Bonchev–Trinajstić information content (AvgIpc) is 2.74. The van der Waals surface area contributed by atoms with Crippen LogP contribution in [0.25, 0.3) is 0 Å². The lowest BCUT2D eigenvalue weighted by Crippen LogP contribution is -2.62. The van der Waals surface area contributed by atoms with Gasteiger partial charge in [0, 0.05) is 11.2 Å². The summed E-state index contributed by atoms with van der Waals surface area (Å²) in [7, 11) is -2.37. The van der Waals surface area contributed by atoms with Crippen molar-refractivity contribution in [3.8, 4) is 0 Å². The van der Waals surface area contributed by atoms with E-state index in [1.165, 1.54) is 29.6 Å². The van der Waals surface area contributed by atoms with Crippen molar-refractivity contribution in [3.63, 3.8) is 0 Å². The summed E-state index contributed by atoms with van der Waals surface area (Å²) in [6.45, 7) is 5.99. The minimum atomic E-state index is -2.37. The van der Waals surface area contributed by atoms with E-state index in [0.29, 0.717) is 16.7 Å². The van der Waals surface area contributed by atoms with Crippen molar-refractivity contribution in [2.75, 3.05) is 0 Å². The zero-order chi connectivity index (χ0) is 20.2. The van der Waals surface area contributed by atoms with Gasteiger partial charge in [-0.05, 0) is 42.5 Å². The fraction of sp³-hybridized carbons (Fsp3) is 0.400. The van der Waals surface area contributed by atoms with Gasteiger partial charge in [-0.15, -0.1) is 6.58 Å². The normalized spacial score (nSPS) is 12.5. The third-order valence-corrected chi connectivity index (χ3v) is 10.9. The third-order valence-electron chi connectivity index (χ3n) is 5.61. The number of carbonyl (C=O) groups is 1. The molecule has 2 rings (SSSR count). The molecule has 2 aromatic rings. The van der Waals surface area contributed by atoms with E-state index in [1.807, 2.05) is 18.2 Å². The monoisotopic (exact) mass is 456 g/mol. The lowest BCUT2D eigenvalue weighted by Gasteiger charge is -2.27. The maximum Gasteiger partial charge on any atom is 0.190 e. The van der Waals surface area contributed by atoms with Gasteiger partial charge in [0.25, 0.3) is 0 Å². The van der Waals surface area contributed by atoms with E-state index in [9.17, 15) is 4.79 Å². The van der Waals surface area contributed by atoms with E-state index >= 15 is 0 Å². The zero-order valence-electron chi connectivity index (χ0n) is 17.1. The van der Waals surface area contributed by atoms with Crippen LogP contribution in [0, 0.1) is 0 Å². The van der Waals surface area contributed by atoms with Gasteiger partial charge in [0.15, 0.2) is 8.07 Å². The number of carbonyl (C=O) groups excluding carboxylic acids is 1. The molecule has 0 radical (unpaired) electrons. The number of hydrogen-bond acceptors (Lipinski definition) is 1. The van der Waals surface area contributed by atoms with Crippen LogP contribution >= 0.6 is 15.9 Å². The molecule has 0 fully saturated rings. The van der Waals surface area contributed by atoms with Crippen molar-refractivity contribution >= 4 is 39.8 Å². The molecule has 28 heavy (non-hydrogen) atoms. The van der Waals surface area contributed by atoms with E-state index < -0.39 is 8.07 Å². The smallest absolute Gasteiger partial charge is 0.190 e. The summed E-state index contributed by atoms with van der Waals surface area (Å²) in [5, 5.41) is 2.88. The molecule has 0 aromatic heterocycles. The molecular weight excluding hydrogens is 424 g/mol. The Bertz CT molecular complexity index is 674. The molecule has 1 nitrogen and oxygen atoms in total. The van der Waals surface area contributed by atoms with Gasteiger partial charge < -0.3 is 4.79 Å². The molecule has 0 aliphatic rings. The van der Waals surface area contributed by atoms with Crippen LogP contribution in [0.15, 0.2) is 73.3 Å². The van der Waals surface area contributed by atoms with Gasteiger partial charge in [-0.25, -0.2) is 0 Å². The number of alkyl halides is 1. The fourth-order valence-corrected chi connectivity index (χ4v) is 7.75. The molecular formula is C25H33BrOSi. The summed E-state index contributed by atoms with van der Waals surface area (Å²) in [6, 6.07) is 20.8. The fourth-order valence-electron chi connectivity index (χ4n) is 3.73. The predicted octanol–water partition coefficient (Wildman–Crippen LogP) is 6.06. The average molecular weight is 458 g/mol. The number of hydrogen-bond donors (Lipinski definition) is 0. The minimum absolute atomic E-state index is 0.446. The summed E-state index contributed by atoms with van der Waals surface area (Å²) in [5.74, 6) is 0. The van der Waals surface area contributed by atoms with Crippen molar-refractivity contribution in [2.24, 2.45) is 0 Å². The van der Waals surface area contributed by atoms with Gasteiger partial charge in [-0.1, -0.05) is 102 Å². The SMILES string of the molecule is C=CCCCCC(Br)CCCCC(=O)[Si](C)(c1ccccc1)c1ccccc1. The van der Waals surface area contributed by atoms with Gasteiger partial charge in [-0.3, -0.25) is 0 Å². The summed E-state index contributed by atoms with van der Waals surface area (Å²) in [6.07, 6.45) is 10.7. The van der Waals surface area contributed by atoms with E-state index in [-0.39, 0.29) is 0 Å². The van der Waals surface area contributed by atoms with Crippen molar-refractivity contribution in [1.82, 2.24) is 0 Å². The second kappa shape index (κ2) is 12.2. The van der Waals surface area contributed by atoms with E-state index in [4.69, 9.17) is 0 Å². The zero-order valence-corrected chi connectivity index (χ0v) is 19.7. The van der Waals surface area contributed by atoms with Crippen LogP contribution in [-0.2, 0) is 4.79 Å². The first kappa shape index (κ1) is 22.8. The predicted molar refractivity (Wildman–Crippen MR) is 129 cm³/mol. The first-order valence-electron chi connectivity index (χ1n) is 10.5. The molecule has 0 aliphatic heterocycles. The summed E-state index contributed by atoms with van der Waals surface area (Å²) in [4.78, 5) is 14.0. The topological polar surface area (TPSA) is 17.1 Å². The van der Waals surface area contributed by atoms with Crippen LogP contribution < -0.4 is 10.4 Å². The summed E-state index contributed by atoms with van der Waals surface area (Å²) < 4.78 is 0. The molecule has 0 heterocycles. The standard InChI is InChI=1S/C25H33BrOSi/c1-3-4-5-8-15-22(26)16-13-14-21-25(27)28(2,23-17-9-6-10-18-23)24-19-11-7-12-20-24/h3,6-7,9-12,17-20,22H,1,4-5,8,13-16,21H2,2H3. The van der Waals surface area contributed by atoms with Crippen molar-refractivity contribution in [1.29, 1.82) is 0 Å². The first-order valence-corrected chi connectivity index (χ1v) is 13.9. The first-order chi connectivity index (χ1) is 13.6. The Balaban J connectivity index is 1.93. The van der Waals surface area contributed by atoms with Crippen molar-refractivity contribution in [3.05, 3.63) is 73.3 Å². The molecule has 1 unspecified atom stereocenters. The third kappa shape index (κ3) is 6.56. The maximum atomic E-state index is 13.4. The Morgan fingerprint density at radius 3 is 1.93 bits per heavy atom. The Labute approximate surface area is 180 Å². The molecule has 0 saturated carbocycles. The molecule has 0 N–H and O–H groups in total. The maximum absolute atomic E-state index is 13.4. The molecule has 3 heteroatoms. The highest BCUT2D eigenvalue weighted by molar-refractivity contribution is 9.09. The molecule has 2 aromatic carbocycles. The van der Waals surface area contributed by atoms with E-state index in [1.54, 1.807) is 0 Å². The Morgan fingerprint density at radius 1 is 0.929 bits per heavy atom. The summed E-state index contributed by atoms with van der Waals surface area (Å²) >= 11 is 3.81. The van der Waals surface area contributed by atoms with Crippen LogP contribution in [0.3, 0.4) is 0 Å². The van der Waals surface area contributed by atoms with Crippen LogP contribution in [0.5, 0.6) is 0 Å². The molecule has 1 atom stereocenters. The highest BCUT2D eigenvalue weighted by atomic mass is 79.9. The van der Waals surface area contributed by atoms with Gasteiger partial charge >= 0.3 is 0 Å².